The van der Waals surface area contributed by atoms with E-state index in [1.807, 2.05) is 11.0 Å². The lowest BCUT2D eigenvalue weighted by molar-refractivity contribution is -0.129. The molecule has 0 bridgehead atoms. The van der Waals surface area contributed by atoms with Crippen molar-refractivity contribution in [1.82, 2.24) is 14.7 Å². The number of amides is 1. The van der Waals surface area contributed by atoms with Crippen molar-refractivity contribution in [2.24, 2.45) is 5.92 Å². The van der Waals surface area contributed by atoms with Crippen molar-refractivity contribution in [2.75, 3.05) is 11.9 Å². The Morgan fingerprint density at radius 1 is 1.38 bits per heavy atom. The van der Waals surface area contributed by atoms with Gasteiger partial charge in [0.1, 0.15) is 0 Å². The highest BCUT2D eigenvalue weighted by Gasteiger charge is 2.29. The van der Waals surface area contributed by atoms with E-state index in [-0.39, 0.29) is 5.91 Å². The minimum atomic E-state index is 0.136. The van der Waals surface area contributed by atoms with Crippen molar-refractivity contribution in [3.63, 3.8) is 0 Å². The predicted octanol–water partition coefficient (Wildman–Crippen LogP) is 3.25. The van der Waals surface area contributed by atoms with Gasteiger partial charge >= 0.3 is 0 Å². The van der Waals surface area contributed by atoms with Crippen molar-refractivity contribution >= 4 is 17.4 Å². The van der Waals surface area contributed by atoms with E-state index in [2.05, 4.69) is 35.1 Å². The van der Waals surface area contributed by atoms with Crippen molar-refractivity contribution in [2.45, 2.75) is 46.2 Å². The highest BCUT2D eigenvalue weighted by atomic mass is 16.2. The summed E-state index contributed by atoms with van der Waals surface area (Å²) < 4.78 is 2.18. The summed E-state index contributed by atoms with van der Waals surface area (Å²) in [7, 11) is 0. The molecule has 0 atom stereocenters. The first-order valence-corrected chi connectivity index (χ1v) is 8.78. The van der Waals surface area contributed by atoms with Crippen LogP contribution in [0.2, 0.25) is 0 Å². The molecule has 2 aromatic rings. The number of carbonyl (C=O) groups excluding carboxylic acids is 1. The smallest absolute Gasteiger partial charge is 0.219 e. The minimum absolute atomic E-state index is 0.136. The van der Waals surface area contributed by atoms with Gasteiger partial charge in [0.25, 0.3) is 0 Å². The van der Waals surface area contributed by atoms with Crippen LogP contribution in [-0.2, 0) is 24.3 Å². The summed E-state index contributed by atoms with van der Waals surface area (Å²) in [5.41, 5.74) is 4.75. The van der Waals surface area contributed by atoms with E-state index >= 15 is 0 Å². The normalized spacial score (nSPS) is 16.8. The van der Waals surface area contributed by atoms with Gasteiger partial charge in [-0.2, -0.15) is 5.10 Å². The van der Waals surface area contributed by atoms with Crippen molar-refractivity contribution in [3.05, 3.63) is 41.1 Å². The summed E-state index contributed by atoms with van der Waals surface area (Å²) in [6.07, 6.45) is 3.52. The van der Waals surface area contributed by atoms with Gasteiger partial charge in [0, 0.05) is 43.4 Å². The number of anilines is 2. The van der Waals surface area contributed by atoms with Gasteiger partial charge in [-0.1, -0.05) is 12.1 Å². The number of hydrogen-bond acceptors (Lipinski definition) is 3. The van der Waals surface area contributed by atoms with Gasteiger partial charge in [0.15, 0.2) is 5.82 Å². The molecule has 1 aliphatic carbocycles. The van der Waals surface area contributed by atoms with E-state index < -0.39 is 0 Å². The van der Waals surface area contributed by atoms with E-state index in [0.717, 1.165) is 36.9 Å². The molecule has 1 aromatic heterocycles. The number of aryl methyl sites for hydroxylation is 1. The quantitative estimate of drug-likeness (QED) is 0.939. The number of aromatic nitrogens is 2. The molecule has 0 radical (unpaired) electrons. The molecule has 126 valence electrons. The van der Waals surface area contributed by atoms with Crippen molar-refractivity contribution in [1.29, 1.82) is 0 Å². The SMILES string of the molecule is CC(=O)N1CCc2c(c(Nc3cccc(C)c3)nn2CC2CC2)C1. The second kappa shape index (κ2) is 5.96. The Bertz CT molecular complexity index is 776. The Hall–Kier alpha value is -2.30. The van der Waals surface area contributed by atoms with E-state index in [0.29, 0.717) is 6.54 Å². The van der Waals surface area contributed by atoms with Gasteiger partial charge in [-0.3, -0.25) is 9.48 Å². The third kappa shape index (κ3) is 3.03. The Labute approximate surface area is 142 Å². The first-order chi connectivity index (χ1) is 11.6. The molecule has 2 heterocycles. The molecule has 1 saturated carbocycles. The van der Waals surface area contributed by atoms with Crippen LogP contribution >= 0.6 is 0 Å². The van der Waals surface area contributed by atoms with Crippen LogP contribution in [0.3, 0.4) is 0 Å². The van der Waals surface area contributed by atoms with Crippen molar-refractivity contribution < 1.29 is 4.79 Å². The predicted molar refractivity (Wildman–Crippen MR) is 94.2 cm³/mol. The molecule has 4 rings (SSSR count). The number of benzene rings is 1. The van der Waals surface area contributed by atoms with Crippen LogP contribution in [0.25, 0.3) is 0 Å². The fourth-order valence-corrected chi connectivity index (χ4v) is 3.42. The maximum atomic E-state index is 11.8. The molecule has 5 nitrogen and oxygen atoms in total. The van der Waals surface area contributed by atoms with Gasteiger partial charge in [0.05, 0.1) is 6.54 Å². The Morgan fingerprint density at radius 3 is 2.92 bits per heavy atom. The molecule has 1 N–H and O–H groups in total. The molecule has 24 heavy (non-hydrogen) atoms. The maximum absolute atomic E-state index is 11.8. The zero-order valence-electron chi connectivity index (χ0n) is 14.4. The van der Waals surface area contributed by atoms with Crippen LogP contribution in [-0.4, -0.2) is 27.1 Å². The summed E-state index contributed by atoms with van der Waals surface area (Å²) >= 11 is 0. The fraction of sp³-hybridized carbons (Fsp3) is 0.474. The van der Waals surface area contributed by atoms with Gasteiger partial charge < -0.3 is 10.2 Å². The van der Waals surface area contributed by atoms with E-state index in [9.17, 15) is 4.79 Å². The molecule has 1 amide bonds. The molecule has 1 aromatic carbocycles. The average Bonchev–Trinajstić information content (AvgIpc) is 3.31. The molecule has 1 fully saturated rings. The first-order valence-electron chi connectivity index (χ1n) is 8.78. The topological polar surface area (TPSA) is 50.2 Å². The van der Waals surface area contributed by atoms with Crippen LogP contribution in [0.4, 0.5) is 11.5 Å². The van der Waals surface area contributed by atoms with Crippen LogP contribution in [0.1, 0.15) is 36.6 Å². The highest BCUT2D eigenvalue weighted by Crippen LogP contribution is 2.34. The molecule has 2 aliphatic rings. The number of nitrogens with zero attached hydrogens (tertiary/aromatic N) is 3. The molecular weight excluding hydrogens is 300 g/mol. The maximum Gasteiger partial charge on any atom is 0.219 e. The summed E-state index contributed by atoms with van der Waals surface area (Å²) in [5, 5.41) is 8.33. The standard InChI is InChI=1S/C19H24N4O/c1-13-4-3-5-16(10-13)20-19-17-12-22(14(2)24)9-8-18(17)23(21-19)11-15-6-7-15/h3-5,10,15H,6-9,11-12H2,1-2H3,(H,20,21). The molecule has 1 aliphatic heterocycles. The summed E-state index contributed by atoms with van der Waals surface area (Å²) in [6, 6.07) is 8.32. The zero-order valence-corrected chi connectivity index (χ0v) is 14.4. The summed E-state index contributed by atoms with van der Waals surface area (Å²) in [4.78, 5) is 13.7. The number of hydrogen-bond donors (Lipinski definition) is 1. The van der Waals surface area contributed by atoms with Crippen LogP contribution in [0.15, 0.2) is 24.3 Å². The molecule has 5 heteroatoms. The zero-order chi connectivity index (χ0) is 16.7. The third-order valence-electron chi connectivity index (χ3n) is 4.99. The first kappa shape index (κ1) is 15.2. The van der Waals surface area contributed by atoms with E-state index in [1.165, 1.54) is 29.7 Å². The number of carbonyl (C=O) groups is 1. The summed E-state index contributed by atoms with van der Waals surface area (Å²) in [5.74, 6) is 1.82. The largest absolute Gasteiger partial charge is 0.338 e. The lowest BCUT2D eigenvalue weighted by Gasteiger charge is -2.26. The summed E-state index contributed by atoms with van der Waals surface area (Å²) in [6.45, 7) is 6.20. The second-order valence-corrected chi connectivity index (χ2v) is 7.08. The van der Waals surface area contributed by atoms with Gasteiger partial charge in [-0.15, -0.1) is 0 Å². The Kier molecular flexibility index (Phi) is 3.79. The van der Waals surface area contributed by atoms with Gasteiger partial charge in [-0.25, -0.2) is 0 Å². The van der Waals surface area contributed by atoms with Gasteiger partial charge in [0.2, 0.25) is 5.91 Å². The number of rotatable bonds is 4. The minimum Gasteiger partial charge on any atom is -0.338 e. The molecule has 0 saturated heterocycles. The molecule has 0 spiro atoms. The highest BCUT2D eigenvalue weighted by molar-refractivity contribution is 5.74. The fourth-order valence-electron chi connectivity index (χ4n) is 3.42. The monoisotopic (exact) mass is 324 g/mol. The molecular formula is C19H24N4O. The third-order valence-corrected chi connectivity index (χ3v) is 4.99. The Morgan fingerprint density at radius 2 is 2.21 bits per heavy atom. The lowest BCUT2D eigenvalue weighted by atomic mass is 10.1. The Balaban J connectivity index is 1.67. The number of fused-ring (bicyclic) bond motifs is 1. The van der Waals surface area contributed by atoms with E-state index in [1.54, 1.807) is 6.92 Å². The van der Waals surface area contributed by atoms with Crippen LogP contribution in [0, 0.1) is 12.8 Å². The van der Waals surface area contributed by atoms with Crippen LogP contribution < -0.4 is 5.32 Å². The average molecular weight is 324 g/mol. The lowest BCUT2D eigenvalue weighted by Crippen LogP contribution is -2.34. The van der Waals surface area contributed by atoms with Crippen LogP contribution in [0.5, 0.6) is 0 Å². The van der Waals surface area contributed by atoms with Gasteiger partial charge in [-0.05, 0) is 43.4 Å². The van der Waals surface area contributed by atoms with Crippen molar-refractivity contribution in [3.8, 4) is 0 Å². The number of nitrogens with one attached hydrogen (secondary N) is 1. The molecule has 0 unspecified atom stereocenters. The van der Waals surface area contributed by atoms with E-state index in [4.69, 9.17) is 5.10 Å². The second-order valence-electron chi connectivity index (χ2n) is 7.08.